The Morgan fingerprint density at radius 2 is 1.82 bits per heavy atom. The summed E-state index contributed by atoms with van der Waals surface area (Å²) < 4.78 is 13.6. The van der Waals surface area contributed by atoms with Crippen LogP contribution in [-0.2, 0) is 4.74 Å². The van der Waals surface area contributed by atoms with Gasteiger partial charge >= 0.3 is 0 Å². The lowest BCUT2D eigenvalue weighted by Gasteiger charge is -2.33. The van der Waals surface area contributed by atoms with Gasteiger partial charge < -0.3 is 14.4 Å². The molecule has 1 saturated heterocycles. The maximum Gasteiger partial charge on any atom is 0.254 e. The van der Waals surface area contributed by atoms with E-state index in [1.165, 1.54) is 0 Å². The minimum atomic E-state index is -0.328. The number of carbonyl (C=O) groups excluding carboxylic acids is 1. The zero-order valence-corrected chi connectivity index (χ0v) is 18.2. The van der Waals surface area contributed by atoms with Crippen molar-refractivity contribution in [2.45, 2.75) is 13.0 Å². The molecule has 1 aliphatic rings. The summed E-state index contributed by atoms with van der Waals surface area (Å²) in [6.45, 7) is 3.40. The normalized spacial score (nSPS) is 15.9. The average molecular weight is 441 g/mol. The summed E-state index contributed by atoms with van der Waals surface area (Å²) in [7, 11) is 0. The highest BCUT2D eigenvalue weighted by Crippen LogP contribution is 2.26. The fourth-order valence-corrected chi connectivity index (χ4v) is 3.72. The van der Waals surface area contributed by atoms with Gasteiger partial charge in [0, 0.05) is 23.9 Å². The van der Waals surface area contributed by atoms with E-state index in [-0.39, 0.29) is 12.0 Å². The molecule has 4 aromatic rings. The fourth-order valence-electron chi connectivity index (χ4n) is 3.72. The van der Waals surface area contributed by atoms with Crippen LogP contribution in [0.15, 0.2) is 79.4 Å². The molecule has 0 radical (unpaired) electrons. The molecule has 166 valence electrons. The number of amides is 1. The number of pyridine rings is 1. The van der Waals surface area contributed by atoms with Crippen LogP contribution in [0, 0.1) is 6.92 Å². The first-order valence-electron chi connectivity index (χ1n) is 10.7. The zero-order chi connectivity index (χ0) is 22.6. The van der Waals surface area contributed by atoms with Crippen molar-refractivity contribution in [3.63, 3.8) is 0 Å². The van der Waals surface area contributed by atoms with Crippen molar-refractivity contribution in [1.29, 1.82) is 0 Å². The largest absolute Gasteiger partial charge is 0.439 e. The molecule has 3 heterocycles. The van der Waals surface area contributed by atoms with E-state index in [9.17, 15) is 4.79 Å². The summed E-state index contributed by atoms with van der Waals surface area (Å²) >= 11 is 0. The number of rotatable bonds is 5. The summed E-state index contributed by atoms with van der Waals surface area (Å²) in [5, 5.41) is 7.66. The number of hydrogen-bond acceptors (Lipinski definition) is 6. The topological polar surface area (TPSA) is 82.4 Å². The van der Waals surface area contributed by atoms with E-state index in [0.717, 1.165) is 22.7 Å². The van der Waals surface area contributed by atoms with E-state index in [0.29, 0.717) is 31.1 Å². The predicted molar refractivity (Wildman–Crippen MR) is 121 cm³/mol. The van der Waals surface area contributed by atoms with Gasteiger partial charge in [-0.2, -0.15) is 0 Å². The highest BCUT2D eigenvalue weighted by atomic mass is 16.5. The molecule has 1 atom stereocenters. The molecule has 1 unspecified atom stereocenters. The number of ether oxygens (including phenoxy) is 2. The van der Waals surface area contributed by atoms with Gasteiger partial charge in [0.2, 0.25) is 5.88 Å². The third-order valence-electron chi connectivity index (χ3n) is 5.48. The highest BCUT2D eigenvalue weighted by molar-refractivity contribution is 5.94. The maximum atomic E-state index is 13.2. The van der Waals surface area contributed by atoms with E-state index < -0.39 is 0 Å². The third-order valence-corrected chi connectivity index (χ3v) is 5.48. The first-order chi connectivity index (χ1) is 16.2. The molecular formula is C25H23N5O3. The van der Waals surface area contributed by atoms with E-state index in [4.69, 9.17) is 9.47 Å². The first kappa shape index (κ1) is 20.8. The summed E-state index contributed by atoms with van der Waals surface area (Å²) in [6, 6.07) is 20.8. The quantitative estimate of drug-likeness (QED) is 0.466. The Bertz CT molecular complexity index is 1240. The number of nitrogens with zero attached hydrogens (tertiary/aromatic N) is 5. The molecule has 0 bridgehead atoms. The van der Waals surface area contributed by atoms with Crippen molar-refractivity contribution in [1.82, 2.24) is 24.6 Å². The molecule has 2 aromatic heterocycles. The van der Waals surface area contributed by atoms with Crippen LogP contribution in [0.25, 0.3) is 5.69 Å². The number of carbonyl (C=O) groups is 1. The number of hydrogen-bond donors (Lipinski definition) is 0. The monoisotopic (exact) mass is 441 g/mol. The second kappa shape index (κ2) is 9.22. The average Bonchev–Trinajstić information content (AvgIpc) is 3.41. The van der Waals surface area contributed by atoms with Crippen molar-refractivity contribution in [2.75, 3.05) is 19.7 Å². The van der Waals surface area contributed by atoms with Crippen molar-refractivity contribution in [3.8, 4) is 17.3 Å². The lowest BCUT2D eigenvalue weighted by molar-refractivity contribution is -0.0248. The summed E-state index contributed by atoms with van der Waals surface area (Å²) in [5.74, 6) is 1.16. The lowest BCUT2D eigenvalue weighted by atomic mass is 10.1. The molecule has 8 heteroatoms. The van der Waals surface area contributed by atoms with Crippen LogP contribution in [0.2, 0.25) is 0 Å². The Morgan fingerprint density at radius 1 is 1.03 bits per heavy atom. The third kappa shape index (κ3) is 4.75. The molecule has 1 aliphatic heterocycles. The maximum absolute atomic E-state index is 13.2. The van der Waals surface area contributed by atoms with Crippen molar-refractivity contribution in [3.05, 3.63) is 96.2 Å². The molecule has 0 N–H and O–H groups in total. The Balaban J connectivity index is 1.30. The van der Waals surface area contributed by atoms with Crippen LogP contribution in [-0.4, -0.2) is 50.3 Å². The Kier molecular flexibility index (Phi) is 5.82. The predicted octanol–water partition coefficient (Wildman–Crippen LogP) is 3.98. The SMILES string of the molecule is Cc1ccc(Oc2cccc(C3CN(C(=O)c4cccc(-n5cnnc5)c4)CCO3)n2)cc1. The van der Waals surface area contributed by atoms with Crippen molar-refractivity contribution < 1.29 is 14.3 Å². The van der Waals surface area contributed by atoms with Gasteiger partial charge in [-0.15, -0.1) is 10.2 Å². The van der Waals surface area contributed by atoms with Crippen LogP contribution in [0.3, 0.4) is 0 Å². The molecule has 1 fully saturated rings. The lowest BCUT2D eigenvalue weighted by Crippen LogP contribution is -2.42. The Hall–Kier alpha value is -4.04. The molecule has 2 aromatic carbocycles. The molecule has 0 spiro atoms. The smallest absolute Gasteiger partial charge is 0.254 e. The molecule has 0 aliphatic carbocycles. The first-order valence-corrected chi connectivity index (χ1v) is 10.7. The van der Waals surface area contributed by atoms with Crippen LogP contribution in [0.5, 0.6) is 11.6 Å². The highest BCUT2D eigenvalue weighted by Gasteiger charge is 2.27. The molecule has 0 saturated carbocycles. The van der Waals surface area contributed by atoms with E-state index in [1.807, 2.05) is 73.7 Å². The molecule has 33 heavy (non-hydrogen) atoms. The van der Waals surface area contributed by atoms with Crippen LogP contribution in [0.4, 0.5) is 0 Å². The van der Waals surface area contributed by atoms with Gasteiger partial charge in [-0.25, -0.2) is 4.98 Å². The van der Waals surface area contributed by atoms with Crippen LogP contribution < -0.4 is 4.74 Å². The van der Waals surface area contributed by atoms with Gasteiger partial charge in [-0.3, -0.25) is 9.36 Å². The van der Waals surface area contributed by atoms with Gasteiger partial charge in [0.05, 0.1) is 18.8 Å². The minimum Gasteiger partial charge on any atom is -0.439 e. The van der Waals surface area contributed by atoms with Crippen LogP contribution in [0.1, 0.15) is 27.7 Å². The number of aromatic nitrogens is 4. The number of aryl methyl sites for hydroxylation is 1. The van der Waals surface area contributed by atoms with Gasteiger partial charge in [0.15, 0.2) is 0 Å². The van der Waals surface area contributed by atoms with Gasteiger partial charge in [0.1, 0.15) is 24.5 Å². The van der Waals surface area contributed by atoms with Crippen LogP contribution >= 0.6 is 0 Å². The second-order valence-corrected chi connectivity index (χ2v) is 7.85. The van der Waals surface area contributed by atoms with Gasteiger partial charge in [-0.1, -0.05) is 29.8 Å². The molecule has 8 nitrogen and oxygen atoms in total. The van der Waals surface area contributed by atoms with Crippen molar-refractivity contribution in [2.24, 2.45) is 0 Å². The zero-order valence-electron chi connectivity index (χ0n) is 18.2. The van der Waals surface area contributed by atoms with E-state index in [2.05, 4.69) is 15.2 Å². The fraction of sp³-hybridized carbons (Fsp3) is 0.200. The Morgan fingerprint density at radius 3 is 2.64 bits per heavy atom. The minimum absolute atomic E-state index is 0.0507. The van der Waals surface area contributed by atoms with Gasteiger partial charge in [0.25, 0.3) is 5.91 Å². The van der Waals surface area contributed by atoms with E-state index in [1.54, 1.807) is 22.1 Å². The van der Waals surface area contributed by atoms with E-state index >= 15 is 0 Å². The standard InChI is InChI=1S/C25H23N5O3/c1-18-8-10-21(11-9-18)33-24-7-3-6-22(28-24)23-15-29(12-13-32-23)25(31)19-4-2-5-20(14-19)30-16-26-27-17-30/h2-11,14,16-17,23H,12-13,15H2,1H3. The molecule has 1 amide bonds. The van der Waals surface area contributed by atoms with Gasteiger partial charge in [-0.05, 0) is 43.3 Å². The Labute approximate surface area is 191 Å². The summed E-state index contributed by atoms with van der Waals surface area (Å²) in [4.78, 5) is 19.6. The summed E-state index contributed by atoms with van der Waals surface area (Å²) in [6.07, 6.45) is 2.88. The summed E-state index contributed by atoms with van der Waals surface area (Å²) in [5.41, 5.74) is 3.33. The van der Waals surface area contributed by atoms with Crippen molar-refractivity contribution >= 4 is 5.91 Å². The number of morpholine rings is 1. The second-order valence-electron chi connectivity index (χ2n) is 7.85. The molecular weight excluding hydrogens is 418 g/mol. The number of benzene rings is 2. The molecule has 5 rings (SSSR count).